The maximum Gasteiger partial charge on any atom is 0.341 e. The van der Waals surface area contributed by atoms with Crippen molar-refractivity contribution in [1.29, 1.82) is 0 Å². The molecule has 30 heavy (non-hydrogen) atoms. The minimum absolute atomic E-state index is 0.0991. The maximum atomic E-state index is 12.4. The number of carbonyl (C=O) groups is 2. The second kappa shape index (κ2) is 9.27. The molecule has 154 valence electrons. The topological polar surface area (TPSA) is 117 Å². The number of phenolic OH excluding ortho intramolecular Hbond substituents is 1. The number of amides is 1. The van der Waals surface area contributed by atoms with Crippen LogP contribution in [0.1, 0.15) is 15.9 Å². The molecule has 0 aliphatic rings. The van der Waals surface area contributed by atoms with E-state index in [1.807, 2.05) is 24.3 Å². The fourth-order valence-corrected chi connectivity index (χ4v) is 3.30. The van der Waals surface area contributed by atoms with E-state index in [9.17, 15) is 14.7 Å². The fraction of sp³-hybridized carbons (Fsp3) is 0.0952. The number of carboxylic acid groups (broad SMARTS) is 1. The van der Waals surface area contributed by atoms with Gasteiger partial charge in [0.25, 0.3) is 5.91 Å². The van der Waals surface area contributed by atoms with Crippen molar-refractivity contribution in [2.45, 2.75) is 0 Å². The predicted molar refractivity (Wildman–Crippen MR) is 114 cm³/mol. The molecule has 3 N–H and O–H groups in total. The third-order valence-corrected chi connectivity index (χ3v) is 4.67. The second-order valence-electron chi connectivity index (χ2n) is 6.13. The normalized spacial score (nSPS) is 10.9. The summed E-state index contributed by atoms with van der Waals surface area (Å²) in [6.45, 7) is -0.520. The van der Waals surface area contributed by atoms with Crippen molar-refractivity contribution in [2.75, 3.05) is 13.7 Å². The fourth-order valence-electron chi connectivity index (χ4n) is 2.72. The van der Waals surface area contributed by atoms with E-state index in [0.717, 1.165) is 10.8 Å². The average molecular weight is 473 g/mol. The van der Waals surface area contributed by atoms with Crippen molar-refractivity contribution >= 4 is 44.8 Å². The number of halogens is 1. The third kappa shape index (κ3) is 4.87. The monoisotopic (exact) mass is 472 g/mol. The Hall–Kier alpha value is -3.59. The first-order valence-corrected chi connectivity index (χ1v) is 9.45. The highest BCUT2D eigenvalue weighted by Crippen LogP contribution is 2.36. The Labute approximate surface area is 179 Å². The lowest BCUT2D eigenvalue weighted by Crippen LogP contribution is -2.17. The Morgan fingerprint density at radius 2 is 1.87 bits per heavy atom. The van der Waals surface area contributed by atoms with Crippen LogP contribution in [0.2, 0.25) is 0 Å². The summed E-state index contributed by atoms with van der Waals surface area (Å²) in [5.41, 5.74) is 3.03. The lowest BCUT2D eigenvalue weighted by Gasteiger charge is -2.12. The molecular weight excluding hydrogens is 456 g/mol. The molecule has 9 heteroatoms. The molecular formula is C21H17BrN2O6. The van der Waals surface area contributed by atoms with E-state index >= 15 is 0 Å². The van der Waals surface area contributed by atoms with Gasteiger partial charge in [0.1, 0.15) is 5.75 Å². The van der Waals surface area contributed by atoms with Gasteiger partial charge in [-0.3, -0.25) is 4.79 Å². The van der Waals surface area contributed by atoms with Crippen LogP contribution in [0.25, 0.3) is 10.8 Å². The molecule has 0 saturated heterocycles. The van der Waals surface area contributed by atoms with Gasteiger partial charge in [-0.1, -0.05) is 24.3 Å². The summed E-state index contributed by atoms with van der Waals surface area (Å²) in [6, 6.07) is 13.7. The van der Waals surface area contributed by atoms with E-state index in [-0.39, 0.29) is 17.1 Å². The first-order chi connectivity index (χ1) is 14.4. The number of aromatic hydroxyl groups is 1. The van der Waals surface area contributed by atoms with Crippen LogP contribution in [0.4, 0.5) is 0 Å². The standard InChI is InChI=1S/C21H17BrN2O6/c1-29-18-7-12(6-16(22)20(18)30-11-19(26)27)10-23-24-21(28)15-8-13-4-2-3-5-14(13)9-17(15)25/h2-10,25H,11H2,1H3,(H,24,28)(H,26,27). The first kappa shape index (κ1) is 21.1. The molecule has 0 saturated carbocycles. The molecule has 0 unspecified atom stereocenters. The molecule has 3 aromatic carbocycles. The Bertz CT molecular complexity index is 1150. The summed E-state index contributed by atoms with van der Waals surface area (Å²) in [5, 5.41) is 24.4. The van der Waals surface area contributed by atoms with Crippen LogP contribution in [0.3, 0.4) is 0 Å². The molecule has 8 nitrogen and oxygen atoms in total. The number of fused-ring (bicyclic) bond motifs is 1. The molecule has 0 aliphatic carbocycles. The largest absolute Gasteiger partial charge is 0.507 e. The average Bonchev–Trinajstić information content (AvgIpc) is 2.71. The summed E-state index contributed by atoms with van der Waals surface area (Å²) < 4.78 is 10.9. The van der Waals surface area contributed by atoms with Crippen molar-refractivity contribution in [3.05, 3.63) is 64.1 Å². The summed E-state index contributed by atoms with van der Waals surface area (Å²) in [7, 11) is 1.42. The van der Waals surface area contributed by atoms with Crippen LogP contribution < -0.4 is 14.9 Å². The lowest BCUT2D eigenvalue weighted by molar-refractivity contribution is -0.139. The number of hydrogen-bond donors (Lipinski definition) is 3. The van der Waals surface area contributed by atoms with Gasteiger partial charge in [-0.25, -0.2) is 10.2 Å². The zero-order valence-corrected chi connectivity index (χ0v) is 17.3. The lowest BCUT2D eigenvalue weighted by atomic mass is 10.1. The van der Waals surface area contributed by atoms with Gasteiger partial charge in [0, 0.05) is 0 Å². The number of nitrogens with zero attached hydrogens (tertiary/aromatic N) is 1. The first-order valence-electron chi connectivity index (χ1n) is 8.66. The van der Waals surface area contributed by atoms with E-state index in [0.29, 0.717) is 15.8 Å². The van der Waals surface area contributed by atoms with E-state index in [4.69, 9.17) is 14.6 Å². The molecule has 0 bridgehead atoms. The van der Waals surface area contributed by atoms with Gasteiger partial charge >= 0.3 is 5.97 Å². The number of carbonyl (C=O) groups excluding carboxylic acids is 1. The van der Waals surface area contributed by atoms with E-state index in [2.05, 4.69) is 26.5 Å². The summed E-state index contributed by atoms with van der Waals surface area (Å²) in [5.74, 6) is -1.30. The highest BCUT2D eigenvalue weighted by atomic mass is 79.9. The number of hydrazone groups is 1. The Morgan fingerprint density at radius 1 is 1.17 bits per heavy atom. The SMILES string of the molecule is COc1cc(C=NNC(=O)c2cc3ccccc3cc2O)cc(Br)c1OCC(=O)O. The minimum Gasteiger partial charge on any atom is -0.507 e. The third-order valence-electron chi connectivity index (χ3n) is 4.08. The van der Waals surface area contributed by atoms with Crippen molar-refractivity contribution in [3.8, 4) is 17.2 Å². The molecule has 3 rings (SSSR count). The molecule has 0 atom stereocenters. The second-order valence-corrected chi connectivity index (χ2v) is 6.99. The van der Waals surface area contributed by atoms with Crippen LogP contribution in [-0.2, 0) is 4.79 Å². The maximum absolute atomic E-state index is 12.4. The van der Waals surface area contributed by atoms with Gasteiger partial charge in [-0.2, -0.15) is 5.10 Å². The molecule has 0 fully saturated rings. The highest BCUT2D eigenvalue weighted by molar-refractivity contribution is 9.10. The number of phenols is 1. The number of ether oxygens (including phenoxy) is 2. The minimum atomic E-state index is -1.12. The van der Waals surface area contributed by atoms with Crippen molar-refractivity contribution in [3.63, 3.8) is 0 Å². The van der Waals surface area contributed by atoms with Gasteiger partial charge in [-0.15, -0.1) is 0 Å². The van der Waals surface area contributed by atoms with E-state index < -0.39 is 18.5 Å². The zero-order chi connectivity index (χ0) is 21.7. The molecule has 3 aromatic rings. The number of carboxylic acids is 1. The number of hydrogen-bond acceptors (Lipinski definition) is 6. The Kier molecular flexibility index (Phi) is 6.53. The zero-order valence-electron chi connectivity index (χ0n) is 15.8. The van der Waals surface area contributed by atoms with Crippen molar-refractivity contribution < 1.29 is 29.3 Å². The van der Waals surface area contributed by atoms with Crippen LogP contribution >= 0.6 is 15.9 Å². The van der Waals surface area contributed by atoms with Crippen LogP contribution in [0.15, 0.2) is 58.1 Å². The molecule has 0 heterocycles. The molecule has 0 aliphatic heterocycles. The Balaban J connectivity index is 1.76. The van der Waals surface area contributed by atoms with Gasteiger partial charge < -0.3 is 19.7 Å². The van der Waals surface area contributed by atoms with Crippen LogP contribution in [0.5, 0.6) is 17.2 Å². The molecule has 0 spiro atoms. The predicted octanol–water partition coefficient (Wildman–Crippen LogP) is 3.54. The summed E-state index contributed by atoms with van der Waals surface area (Å²) in [4.78, 5) is 23.1. The molecule has 0 radical (unpaired) electrons. The van der Waals surface area contributed by atoms with E-state index in [1.54, 1.807) is 18.2 Å². The quantitative estimate of drug-likeness (QED) is 0.357. The number of rotatable bonds is 7. The summed E-state index contributed by atoms with van der Waals surface area (Å²) in [6.07, 6.45) is 1.38. The van der Waals surface area contributed by atoms with E-state index in [1.165, 1.54) is 19.4 Å². The smallest absolute Gasteiger partial charge is 0.341 e. The summed E-state index contributed by atoms with van der Waals surface area (Å²) >= 11 is 3.30. The molecule has 0 aromatic heterocycles. The molecule has 1 amide bonds. The van der Waals surface area contributed by atoms with Gasteiger partial charge in [0.2, 0.25) is 0 Å². The van der Waals surface area contributed by atoms with Crippen molar-refractivity contribution in [2.24, 2.45) is 5.10 Å². The van der Waals surface area contributed by atoms with Crippen LogP contribution in [0, 0.1) is 0 Å². The number of benzene rings is 3. The van der Waals surface area contributed by atoms with Gasteiger partial charge in [0.15, 0.2) is 18.1 Å². The van der Waals surface area contributed by atoms with Crippen molar-refractivity contribution in [1.82, 2.24) is 5.43 Å². The van der Waals surface area contributed by atoms with Crippen LogP contribution in [-0.4, -0.2) is 42.0 Å². The number of aliphatic carboxylic acids is 1. The number of methoxy groups -OCH3 is 1. The number of nitrogens with one attached hydrogen (secondary N) is 1. The van der Waals surface area contributed by atoms with Gasteiger partial charge in [-0.05, 0) is 56.5 Å². The Morgan fingerprint density at radius 3 is 2.53 bits per heavy atom. The van der Waals surface area contributed by atoms with Gasteiger partial charge in [0.05, 0.1) is 23.4 Å². The highest BCUT2D eigenvalue weighted by Gasteiger charge is 2.14.